The summed E-state index contributed by atoms with van der Waals surface area (Å²) in [4.78, 5) is 31.7. The third kappa shape index (κ3) is 2.82. The van der Waals surface area contributed by atoms with E-state index in [9.17, 15) is 9.59 Å². The Kier molecular flexibility index (Phi) is 4.76. The molecule has 0 saturated carbocycles. The lowest BCUT2D eigenvalue weighted by Gasteiger charge is -2.22. The van der Waals surface area contributed by atoms with E-state index in [0.29, 0.717) is 34.4 Å². The van der Waals surface area contributed by atoms with Crippen LogP contribution in [-0.2, 0) is 4.79 Å². The Balaban J connectivity index is 1.59. The second-order valence-electron chi connectivity index (χ2n) is 6.26. The Labute approximate surface area is 166 Å². The van der Waals surface area contributed by atoms with E-state index in [4.69, 9.17) is 14.2 Å². The molecule has 4 rings (SSSR count). The van der Waals surface area contributed by atoms with Crippen LogP contribution in [0.25, 0.3) is 0 Å². The first-order valence-corrected chi connectivity index (χ1v) is 9.64. The highest BCUT2D eigenvalue weighted by Gasteiger charge is 2.50. The number of nitrogens with one attached hydrogen (secondary N) is 1. The van der Waals surface area contributed by atoms with E-state index in [0.717, 1.165) is 5.56 Å². The monoisotopic (exact) mass is 401 g/mol. The molecular formula is C19H19N3O5S. The second kappa shape index (κ2) is 7.23. The van der Waals surface area contributed by atoms with Crippen molar-refractivity contribution >= 4 is 29.3 Å². The van der Waals surface area contributed by atoms with Crippen LogP contribution < -0.4 is 19.5 Å². The van der Waals surface area contributed by atoms with E-state index in [-0.39, 0.29) is 17.2 Å². The number of nitrogens with zero attached hydrogens (tertiary/aromatic N) is 2. The molecule has 1 N–H and O–H groups in total. The molecule has 9 heteroatoms. The molecule has 0 radical (unpaired) electrons. The van der Waals surface area contributed by atoms with Crippen molar-refractivity contribution in [2.45, 2.75) is 11.4 Å². The predicted molar refractivity (Wildman–Crippen MR) is 104 cm³/mol. The Morgan fingerprint density at radius 2 is 2.00 bits per heavy atom. The highest BCUT2D eigenvalue weighted by Crippen LogP contribution is 2.52. The molecule has 1 aromatic carbocycles. The number of amides is 2. The van der Waals surface area contributed by atoms with Crippen molar-refractivity contribution in [2.24, 2.45) is 0 Å². The normalized spacial score (nSPS) is 19.8. The number of aromatic nitrogens is 1. The number of methoxy groups -OCH3 is 3. The first-order valence-electron chi connectivity index (χ1n) is 8.59. The summed E-state index contributed by atoms with van der Waals surface area (Å²) in [6.45, 7) is 0. The quantitative estimate of drug-likeness (QED) is 0.822. The van der Waals surface area contributed by atoms with Crippen molar-refractivity contribution in [3.8, 4) is 17.4 Å². The van der Waals surface area contributed by atoms with Gasteiger partial charge in [-0.05, 0) is 12.1 Å². The van der Waals surface area contributed by atoms with Crippen LogP contribution in [0.2, 0.25) is 0 Å². The van der Waals surface area contributed by atoms with Crippen LogP contribution in [0.3, 0.4) is 0 Å². The summed E-state index contributed by atoms with van der Waals surface area (Å²) < 4.78 is 15.7. The van der Waals surface area contributed by atoms with Crippen LogP contribution in [0.4, 0.5) is 5.69 Å². The fourth-order valence-corrected chi connectivity index (χ4v) is 4.95. The van der Waals surface area contributed by atoms with Crippen molar-refractivity contribution < 1.29 is 23.8 Å². The molecular weight excluding hydrogens is 382 g/mol. The van der Waals surface area contributed by atoms with E-state index in [1.54, 1.807) is 34.9 Å². The maximum absolute atomic E-state index is 13.1. The van der Waals surface area contributed by atoms with Gasteiger partial charge in [-0.1, -0.05) is 6.07 Å². The molecule has 2 aliphatic rings. The number of hydrogen-bond acceptors (Lipinski definition) is 7. The summed E-state index contributed by atoms with van der Waals surface area (Å²) in [5.41, 5.74) is 1.85. The summed E-state index contributed by atoms with van der Waals surface area (Å²) in [5.74, 6) is 1.38. The Hall–Kier alpha value is -2.94. The summed E-state index contributed by atoms with van der Waals surface area (Å²) in [5, 5.41) is 2.61. The summed E-state index contributed by atoms with van der Waals surface area (Å²) in [6.07, 6.45) is 1.52. The molecule has 2 aromatic rings. The van der Waals surface area contributed by atoms with Gasteiger partial charge in [-0.25, -0.2) is 4.98 Å². The average Bonchev–Trinajstić information content (AvgIpc) is 3.28. The molecule has 0 bridgehead atoms. The van der Waals surface area contributed by atoms with Gasteiger partial charge >= 0.3 is 0 Å². The molecule has 1 aromatic heterocycles. The number of ether oxygens (including phenoxy) is 3. The number of hydrogen-bond donors (Lipinski definition) is 1. The first kappa shape index (κ1) is 18.4. The van der Waals surface area contributed by atoms with Gasteiger partial charge in [0, 0.05) is 17.4 Å². The van der Waals surface area contributed by atoms with Crippen molar-refractivity contribution in [1.29, 1.82) is 0 Å². The molecule has 2 aliphatic heterocycles. The molecule has 3 heterocycles. The zero-order valence-electron chi connectivity index (χ0n) is 15.6. The van der Waals surface area contributed by atoms with Gasteiger partial charge in [-0.2, -0.15) is 0 Å². The number of anilines is 1. The van der Waals surface area contributed by atoms with E-state index >= 15 is 0 Å². The fraction of sp³-hybridized carbons (Fsp3) is 0.316. The van der Waals surface area contributed by atoms with Crippen LogP contribution in [0.15, 0.2) is 30.5 Å². The number of benzene rings is 1. The Bertz CT molecular complexity index is 934. The van der Waals surface area contributed by atoms with Gasteiger partial charge in [0.05, 0.1) is 38.8 Å². The molecule has 146 valence electrons. The second-order valence-corrected chi connectivity index (χ2v) is 7.37. The van der Waals surface area contributed by atoms with Crippen LogP contribution in [-0.4, -0.2) is 54.8 Å². The summed E-state index contributed by atoms with van der Waals surface area (Å²) >= 11 is 1.56. The average molecular weight is 401 g/mol. The number of fused-ring (bicyclic) bond motifs is 3. The lowest BCUT2D eigenvalue weighted by Crippen LogP contribution is -2.42. The number of carbonyl (C=O) groups is 2. The van der Waals surface area contributed by atoms with E-state index < -0.39 is 6.04 Å². The van der Waals surface area contributed by atoms with Gasteiger partial charge in [0.25, 0.3) is 5.91 Å². The smallest absolute Gasteiger partial charge is 0.260 e. The molecule has 0 spiro atoms. The largest absolute Gasteiger partial charge is 0.493 e. The Morgan fingerprint density at radius 3 is 2.64 bits per heavy atom. The minimum absolute atomic E-state index is 0.216. The lowest BCUT2D eigenvalue weighted by atomic mass is 10.1. The minimum atomic E-state index is -0.590. The summed E-state index contributed by atoms with van der Waals surface area (Å²) in [7, 11) is 4.55. The zero-order chi connectivity index (χ0) is 19.8. The molecule has 8 nitrogen and oxygen atoms in total. The van der Waals surface area contributed by atoms with E-state index in [1.165, 1.54) is 27.5 Å². The molecule has 0 aliphatic carbocycles. The standard InChI is InChI=1S/C19H19N3O5S/c1-25-13-6-5-11-15(16(13)27-3)18(24)22-12(9-28-19(11)22)17(23)21-10-4-7-14(26-2)20-8-10/h4-8,12,19H,9H2,1-3H3,(H,21,23)/t12-,19-/m1/s1. The number of carbonyl (C=O) groups excluding carboxylic acids is 2. The van der Waals surface area contributed by atoms with Crippen LogP contribution >= 0.6 is 11.8 Å². The lowest BCUT2D eigenvalue weighted by molar-refractivity contribution is -0.119. The maximum Gasteiger partial charge on any atom is 0.260 e. The van der Waals surface area contributed by atoms with Crippen LogP contribution in [0, 0.1) is 0 Å². The highest BCUT2D eigenvalue weighted by molar-refractivity contribution is 7.99. The van der Waals surface area contributed by atoms with Crippen LogP contribution in [0.5, 0.6) is 17.4 Å². The van der Waals surface area contributed by atoms with Gasteiger partial charge < -0.3 is 24.4 Å². The molecule has 0 unspecified atom stereocenters. The van der Waals surface area contributed by atoms with Gasteiger partial charge in [-0.3, -0.25) is 9.59 Å². The third-order valence-corrected chi connectivity index (χ3v) is 6.11. The summed E-state index contributed by atoms with van der Waals surface area (Å²) in [6, 6.07) is 6.42. The molecule has 1 saturated heterocycles. The number of pyridine rings is 1. The van der Waals surface area contributed by atoms with Gasteiger partial charge in [0.15, 0.2) is 11.5 Å². The van der Waals surface area contributed by atoms with Crippen molar-refractivity contribution in [3.63, 3.8) is 0 Å². The van der Waals surface area contributed by atoms with Gasteiger partial charge in [0.2, 0.25) is 11.8 Å². The Morgan fingerprint density at radius 1 is 1.18 bits per heavy atom. The predicted octanol–water partition coefficient (Wildman–Crippen LogP) is 2.32. The van der Waals surface area contributed by atoms with E-state index in [2.05, 4.69) is 10.3 Å². The molecule has 1 fully saturated rings. The minimum Gasteiger partial charge on any atom is -0.493 e. The molecule has 28 heavy (non-hydrogen) atoms. The third-order valence-electron chi connectivity index (χ3n) is 4.81. The molecule has 2 atom stereocenters. The van der Waals surface area contributed by atoms with Crippen molar-refractivity contribution in [2.75, 3.05) is 32.4 Å². The van der Waals surface area contributed by atoms with Gasteiger partial charge in [-0.15, -0.1) is 11.8 Å². The van der Waals surface area contributed by atoms with E-state index in [1.807, 2.05) is 6.07 Å². The maximum atomic E-state index is 13.1. The number of thioether (sulfide) groups is 1. The highest BCUT2D eigenvalue weighted by atomic mass is 32.2. The number of rotatable bonds is 5. The van der Waals surface area contributed by atoms with Crippen molar-refractivity contribution in [1.82, 2.24) is 9.88 Å². The zero-order valence-corrected chi connectivity index (χ0v) is 16.4. The van der Waals surface area contributed by atoms with Gasteiger partial charge in [0.1, 0.15) is 11.4 Å². The topological polar surface area (TPSA) is 90.0 Å². The fourth-order valence-electron chi connectivity index (χ4n) is 3.49. The first-order chi connectivity index (χ1) is 13.6. The van der Waals surface area contributed by atoms with Crippen molar-refractivity contribution in [3.05, 3.63) is 41.6 Å². The SMILES string of the molecule is COc1ccc(NC(=O)[C@H]2CS[C@@H]3c4ccc(OC)c(OC)c4C(=O)N23)cn1. The van der Waals surface area contributed by atoms with Crippen LogP contribution in [0.1, 0.15) is 21.3 Å². The molecule has 2 amide bonds.